The summed E-state index contributed by atoms with van der Waals surface area (Å²) in [6.45, 7) is 6.75. The zero-order valence-corrected chi connectivity index (χ0v) is 12.8. The van der Waals surface area contributed by atoms with Crippen molar-refractivity contribution in [3.63, 3.8) is 0 Å². The summed E-state index contributed by atoms with van der Waals surface area (Å²) in [5.41, 5.74) is 1.28. The fourth-order valence-electron chi connectivity index (χ4n) is 2.49. The Labute approximate surface area is 112 Å². The van der Waals surface area contributed by atoms with Gasteiger partial charge in [-0.2, -0.15) is 0 Å². The summed E-state index contributed by atoms with van der Waals surface area (Å²) in [4.78, 5) is 0. The summed E-state index contributed by atoms with van der Waals surface area (Å²) in [5.74, 6) is 0. The average Bonchev–Trinajstić information content (AvgIpc) is 2.68. The summed E-state index contributed by atoms with van der Waals surface area (Å²) in [5, 5.41) is 0. The van der Waals surface area contributed by atoms with E-state index in [1.54, 1.807) is 0 Å². The van der Waals surface area contributed by atoms with Gasteiger partial charge in [0.25, 0.3) is 0 Å². The van der Waals surface area contributed by atoms with Crippen molar-refractivity contribution in [2.45, 2.75) is 39.0 Å². The van der Waals surface area contributed by atoms with Crippen molar-refractivity contribution in [3.05, 3.63) is 35.9 Å². The molecule has 0 saturated carbocycles. The summed E-state index contributed by atoms with van der Waals surface area (Å²) in [6.07, 6.45) is 0.183. The minimum atomic E-state index is -0.643. The van der Waals surface area contributed by atoms with E-state index in [1.165, 1.54) is 5.56 Å². The molecule has 0 radical (unpaired) electrons. The second-order valence-corrected chi connectivity index (χ2v) is 7.23. The molecule has 100 valence electrons. The van der Waals surface area contributed by atoms with Crippen LogP contribution in [0, 0.1) is 0 Å². The third-order valence-electron chi connectivity index (χ3n) is 3.26. The van der Waals surface area contributed by atoms with Gasteiger partial charge in [-0.15, -0.1) is 0 Å². The summed E-state index contributed by atoms with van der Waals surface area (Å²) in [7, 11) is 3.55. The van der Waals surface area contributed by atoms with Crippen LogP contribution in [0.2, 0.25) is 0 Å². The molecule has 1 saturated heterocycles. The van der Waals surface area contributed by atoms with Gasteiger partial charge in [-0.25, -0.2) is 4.67 Å². The SMILES string of the molecule is CC(C)N1[C@@H](C)[C@@H](c2ccccc2)OP1N(C)C. The average molecular weight is 266 g/mol. The molecule has 1 aromatic rings. The van der Waals surface area contributed by atoms with Crippen LogP contribution in [0.4, 0.5) is 0 Å². The Morgan fingerprint density at radius 3 is 2.28 bits per heavy atom. The first-order valence-corrected chi connectivity index (χ1v) is 7.66. The predicted octanol–water partition coefficient (Wildman–Crippen LogP) is 3.65. The number of nitrogens with zero attached hydrogens (tertiary/aromatic N) is 2. The molecule has 0 aromatic heterocycles. The lowest BCUT2D eigenvalue weighted by Crippen LogP contribution is -2.34. The quantitative estimate of drug-likeness (QED) is 0.777. The molecule has 0 aliphatic carbocycles. The molecule has 2 rings (SSSR count). The number of hydrogen-bond donors (Lipinski definition) is 0. The Morgan fingerprint density at radius 1 is 1.22 bits per heavy atom. The highest BCUT2D eigenvalue weighted by Crippen LogP contribution is 2.58. The normalized spacial score (nSPS) is 29.4. The Bertz CT molecular complexity index is 383. The van der Waals surface area contributed by atoms with E-state index in [9.17, 15) is 0 Å². The van der Waals surface area contributed by atoms with Crippen LogP contribution in [0.15, 0.2) is 30.3 Å². The van der Waals surface area contributed by atoms with Crippen LogP contribution in [0.3, 0.4) is 0 Å². The minimum absolute atomic E-state index is 0.183. The van der Waals surface area contributed by atoms with E-state index in [-0.39, 0.29) is 6.10 Å². The number of hydrogen-bond acceptors (Lipinski definition) is 3. The van der Waals surface area contributed by atoms with Gasteiger partial charge in [-0.05, 0) is 40.4 Å². The molecule has 1 aromatic carbocycles. The van der Waals surface area contributed by atoms with Crippen molar-refractivity contribution in [2.75, 3.05) is 14.1 Å². The van der Waals surface area contributed by atoms with Crippen LogP contribution in [0.5, 0.6) is 0 Å². The van der Waals surface area contributed by atoms with Crippen LogP contribution in [0.1, 0.15) is 32.4 Å². The monoisotopic (exact) mass is 266 g/mol. The zero-order chi connectivity index (χ0) is 13.3. The van der Waals surface area contributed by atoms with Crippen molar-refractivity contribution in [1.82, 2.24) is 9.34 Å². The van der Waals surface area contributed by atoms with Crippen LogP contribution in [-0.2, 0) is 4.52 Å². The molecule has 3 nitrogen and oxygen atoms in total. The van der Waals surface area contributed by atoms with Crippen molar-refractivity contribution in [1.29, 1.82) is 0 Å². The molecule has 18 heavy (non-hydrogen) atoms. The van der Waals surface area contributed by atoms with E-state index >= 15 is 0 Å². The van der Waals surface area contributed by atoms with Crippen LogP contribution in [-0.4, -0.2) is 35.5 Å². The molecule has 0 spiro atoms. The second kappa shape index (κ2) is 5.66. The highest BCUT2D eigenvalue weighted by Gasteiger charge is 2.43. The highest BCUT2D eigenvalue weighted by molar-refractivity contribution is 7.47. The molecule has 1 aliphatic rings. The molecule has 1 heterocycles. The minimum Gasteiger partial charge on any atom is -0.321 e. The molecular weight excluding hydrogens is 243 g/mol. The van der Waals surface area contributed by atoms with Crippen LogP contribution >= 0.6 is 8.45 Å². The van der Waals surface area contributed by atoms with Gasteiger partial charge in [0.15, 0.2) is 8.45 Å². The molecular formula is C14H23N2OP. The van der Waals surface area contributed by atoms with Crippen molar-refractivity contribution in [2.24, 2.45) is 0 Å². The Morgan fingerprint density at radius 2 is 1.83 bits per heavy atom. The van der Waals surface area contributed by atoms with Gasteiger partial charge in [0, 0.05) is 12.1 Å². The smallest absolute Gasteiger partial charge is 0.188 e. The van der Waals surface area contributed by atoms with Crippen molar-refractivity contribution >= 4 is 8.45 Å². The largest absolute Gasteiger partial charge is 0.321 e. The Balaban J connectivity index is 2.25. The second-order valence-electron chi connectivity index (χ2n) is 5.25. The lowest BCUT2D eigenvalue weighted by atomic mass is 10.0. The number of benzene rings is 1. The third-order valence-corrected chi connectivity index (χ3v) is 5.58. The molecule has 1 unspecified atom stereocenters. The van der Waals surface area contributed by atoms with E-state index in [0.29, 0.717) is 12.1 Å². The molecule has 3 atom stereocenters. The maximum absolute atomic E-state index is 6.31. The zero-order valence-electron chi connectivity index (χ0n) is 11.9. The maximum Gasteiger partial charge on any atom is 0.188 e. The van der Waals surface area contributed by atoms with Gasteiger partial charge in [0.05, 0.1) is 0 Å². The predicted molar refractivity (Wildman–Crippen MR) is 77.3 cm³/mol. The van der Waals surface area contributed by atoms with Crippen LogP contribution < -0.4 is 0 Å². The van der Waals surface area contributed by atoms with Crippen LogP contribution in [0.25, 0.3) is 0 Å². The molecule has 1 fully saturated rings. The van der Waals surface area contributed by atoms with Gasteiger partial charge >= 0.3 is 0 Å². The highest BCUT2D eigenvalue weighted by atomic mass is 31.2. The topological polar surface area (TPSA) is 15.7 Å². The lowest BCUT2D eigenvalue weighted by Gasteiger charge is -2.32. The van der Waals surface area contributed by atoms with Gasteiger partial charge in [-0.1, -0.05) is 30.3 Å². The standard InChI is InChI=1S/C14H23N2OP/c1-11(2)16-12(3)14(17-18(16)15(4)5)13-9-7-6-8-10-13/h6-12,14H,1-5H3/t12-,14-,18?/m0/s1. The van der Waals surface area contributed by atoms with E-state index in [4.69, 9.17) is 4.52 Å². The summed E-state index contributed by atoms with van der Waals surface area (Å²) < 4.78 is 11.0. The fraction of sp³-hybridized carbons (Fsp3) is 0.571. The third kappa shape index (κ3) is 2.60. The molecule has 1 aliphatic heterocycles. The van der Waals surface area contributed by atoms with E-state index in [2.05, 4.69) is 74.5 Å². The lowest BCUT2D eigenvalue weighted by molar-refractivity contribution is 0.198. The first-order chi connectivity index (χ1) is 8.52. The summed E-state index contributed by atoms with van der Waals surface area (Å²) in [6, 6.07) is 11.5. The molecule has 0 N–H and O–H groups in total. The molecule has 0 bridgehead atoms. The number of rotatable bonds is 3. The fourth-order valence-corrected chi connectivity index (χ4v) is 4.53. The maximum atomic E-state index is 6.31. The van der Waals surface area contributed by atoms with Gasteiger partial charge in [0.1, 0.15) is 6.10 Å². The summed E-state index contributed by atoms with van der Waals surface area (Å²) >= 11 is 0. The Hall–Kier alpha value is -0.470. The van der Waals surface area contributed by atoms with Gasteiger partial charge in [-0.3, -0.25) is 4.67 Å². The van der Waals surface area contributed by atoms with Gasteiger partial charge in [0.2, 0.25) is 0 Å². The first-order valence-electron chi connectivity index (χ1n) is 6.49. The van der Waals surface area contributed by atoms with E-state index in [0.717, 1.165) is 0 Å². The van der Waals surface area contributed by atoms with Crippen molar-refractivity contribution in [3.8, 4) is 0 Å². The van der Waals surface area contributed by atoms with Crippen molar-refractivity contribution < 1.29 is 4.52 Å². The van der Waals surface area contributed by atoms with E-state index < -0.39 is 8.45 Å². The Kier molecular flexibility index (Phi) is 4.39. The molecule has 4 heteroatoms. The molecule has 0 amide bonds. The van der Waals surface area contributed by atoms with Gasteiger partial charge < -0.3 is 4.52 Å². The first kappa shape index (κ1) is 14.0. The van der Waals surface area contributed by atoms with E-state index in [1.807, 2.05) is 0 Å².